The Bertz CT molecular complexity index is 1200. The van der Waals surface area contributed by atoms with Crippen LogP contribution in [0.2, 0.25) is 0 Å². The number of rotatable bonds is 4. The Labute approximate surface area is 175 Å². The molecule has 6 nitrogen and oxygen atoms in total. The van der Waals surface area contributed by atoms with Crippen molar-refractivity contribution in [2.75, 3.05) is 26.3 Å². The Hall–Kier alpha value is -3.38. The van der Waals surface area contributed by atoms with E-state index in [0.717, 1.165) is 38.9 Å². The minimum absolute atomic E-state index is 0.0544. The summed E-state index contributed by atoms with van der Waals surface area (Å²) in [5, 5.41) is 2.31. The van der Waals surface area contributed by atoms with Crippen LogP contribution in [0, 0.1) is 6.92 Å². The van der Waals surface area contributed by atoms with E-state index in [-0.39, 0.29) is 5.91 Å². The number of aryl methyl sites for hydroxylation is 1. The molecule has 1 fully saturated rings. The number of amides is 1. The van der Waals surface area contributed by atoms with Crippen molar-refractivity contribution in [3.05, 3.63) is 78.1 Å². The van der Waals surface area contributed by atoms with Gasteiger partial charge in [0.05, 0.1) is 37.3 Å². The van der Waals surface area contributed by atoms with Crippen LogP contribution in [-0.4, -0.2) is 51.6 Å². The smallest absolute Gasteiger partial charge is 0.256 e. The molecule has 0 aliphatic carbocycles. The van der Waals surface area contributed by atoms with E-state index in [1.165, 1.54) is 0 Å². The molecule has 0 spiro atoms. The maximum Gasteiger partial charge on any atom is 0.256 e. The van der Waals surface area contributed by atoms with Crippen molar-refractivity contribution in [3.8, 4) is 11.1 Å². The number of H-pyrrole nitrogens is 1. The number of nitrogens with zero attached hydrogens (tertiary/aromatic N) is 3. The van der Waals surface area contributed by atoms with Gasteiger partial charge in [-0.05, 0) is 23.3 Å². The number of aromatic nitrogens is 3. The molecular formula is C24H24N4O2. The van der Waals surface area contributed by atoms with E-state index >= 15 is 0 Å². The highest BCUT2D eigenvalue weighted by Crippen LogP contribution is 2.33. The van der Waals surface area contributed by atoms with Crippen molar-refractivity contribution in [1.82, 2.24) is 19.4 Å². The SMILES string of the molecule is Cc1[nH]cnc1Cn1cc(C(=O)N2CCOCC2)c(-c2cccc3ccccc23)c1. The summed E-state index contributed by atoms with van der Waals surface area (Å²) in [7, 11) is 0. The molecule has 0 saturated carbocycles. The Kier molecular flexibility index (Phi) is 4.85. The van der Waals surface area contributed by atoms with Gasteiger partial charge in [0.1, 0.15) is 0 Å². The van der Waals surface area contributed by atoms with E-state index in [4.69, 9.17) is 4.74 Å². The van der Waals surface area contributed by atoms with E-state index in [9.17, 15) is 4.79 Å². The fourth-order valence-corrected chi connectivity index (χ4v) is 4.10. The summed E-state index contributed by atoms with van der Waals surface area (Å²) < 4.78 is 7.50. The second kappa shape index (κ2) is 7.80. The molecule has 3 heterocycles. The molecule has 30 heavy (non-hydrogen) atoms. The number of carbonyl (C=O) groups is 1. The lowest BCUT2D eigenvalue weighted by Gasteiger charge is -2.27. The quantitative estimate of drug-likeness (QED) is 0.566. The number of aromatic amines is 1. The fourth-order valence-electron chi connectivity index (χ4n) is 4.10. The van der Waals surface area contributed by atoms with Gasteiger partial charge in [-0.25, -0.2) is 4.98 Å². The lowest BCUT2D eigenvalue weighted by molar-refractivity contribution is 0.0303. The van der Waals surface area contributed by atoms with Crippen molar-refractivity contribution in [2.45, 2.75) is 13.5 Å². The van der Waals surface area contributed by atoms with E-state index < -0.39 is 0 Å². The summed E-state index contributed by atoms with van der Waals surface area (Å²) in [5.41, 5.74) is 4.76. The molecule has 2 aromatic carbocycles. The average molecular weight is 400 g/mol. The van der Waals surface area contributed by atoms with Crippen molar-refractivity contribution >= 4 is 16.7 Å². The van der Waals surface area contributed by atoms with Gasteiger partial charge in [-0.3, -0.25) is 4.79 Å². The van der Waals surface area contributed by atoms with Crippen LogP contribution in [-0.2, 0) is 11.3 Å². The molecule has 2 aromatic heterocycles. The zero-order valence-electron chi connectivity index (χ0n) is 17.0. The number of ether oxygens (including phenoxy) is 1. The minimum atomic E-state index is 0.0544. The predicted octanol–water partition coefficient (Wildman–Crippen LogP) is 3.86. The second-order valence-electron chi connectivity index (χ2n) is 7.66. The summed E-state index contributed by atoms with van der Waals surface area (Å²) >= 11 is 0. The van der Waals surface area contributed by atoms with E-state index in [2.05, 4.69) is 51.1 Å². The van der Waals surface area contributed by atoms with Gasteiger partial charge in [-0.15, -0.1) is 0 Å². The molecular weight excluding hydrogens is 376 g/mol. The summed E-state index contributed by atoms with van der Waals surface area (Å²) in [6.45, 7) is 5.04. The molecule has 1 aliphatic rings. The summed E-state index contributed by atoms with van der Waals surface area (Å²) in [5.74, 6) is 0.0544. The molecule has 0 bridgehead atoms. The van der Waals surface area contributed by atoms with Gasteiger partial charge in [0.15, 0.2) is 0 Å². The molecule has 1 amide bonds. The van der Waals surface area contributed by atoms with E-state index in [0.29, 0.717) is 32.8 Å². The molecule has 1 aliphatic heterocycles. The predicted molar refractivity (Wildman–Crippen MR) is 117 cm³/mol. The molecule has 1 saturated heterocycles. The first kappa shape index (κ1) is 18.6. The number of fused-ring (bicyclic) bond motifs is 1. The molecule has 0 atom stereocenters. The first-order valence-electron chi connectivity index (χ1n) is 10.2. The van der Waals surface area contributed by atoms with Gasteiger partial charge in [0.25, 0.3) is 5.91 Å². The van der Waals surface area contributed by atoms with Crippen LogP contribution in [0.1, 0.15) is 21.7 Å². The molecule has 152 valence electrons. The minimum Gasteiger partial charge on any atom is -0.378 e. The van der Waals surface area contributed by atoms with Gasteiger partial charge in [-0.2, -0.15) is 0 Å². The van der Waals surface area contributed by atoms with E-state index in [1.807, 2.05) is 30.2 Å². The number of nitrogens with one attached hydrogen (secondary N) is 1. The summed E-state index contributed by atoms with van der Waals surface area (Å²) in [6, 6.07) is 14.5. The number of hydrogen-bond acceptors (Lipinski definition) is 3. The topological polar surface area (TPSA) is 63.2 Å². The summed E-state index contributed by atoms with van der Waals surface area (Å²) in [4.78, 5) is 22.9. The lowest BCUT2D eigenvalue weighted by Crippen LogP contribution is -2.40. The van der Waals surface area contributed by atoms with Crippen LogP contribution in [0.3, 0.4) is 0 Å². The first-order chi connectivity index (χ1) is 14.7. The van der Waals surface area contributed by atoms with Crippen molar-refractivity contribution in [3.63, 3.8) is 0 Å². The number of benzene rings is 2. The Morgan fingerprint density at radius 3 is 2.67 bits per heavy atom. The normalized spacial score (nSPS) is 14.4. The van der Waals surface area contributed by atoms with Crippen LogP contribution >= 0.6 is 0 Å². The second-order valence-corrected chi connectivity index (χ2v) is 7.66. The molecule has 6 heteroatoms. The van der Waals surface area contributed by atoms with Crippen molar-refractivity contribution < 1.29 is 9.53 Å². The number of hydrogen-bond donors (Lipinski definition) is 1. The third-order valence-electron chi connectivity index (χ3n) is 5.76. The highest BCUT2D eigenvalue weighted by molar-refractivity contribution is 6.06. The monoisotopic (exact) mass is 400 g/mol. The molecule has 0 unspecified atom stereocenters. The third-order valence-corrected chi connectivity index (χ3v) is 5.76. The van der Waals surface area contributed by atoms with Crippen LogP contribution < -0.4 is 0 Å². The van der Waals surface area contributed by atoms with Crippen LogP contribution in [0.5, 0.6) is 0 Å². The molecule has 0 radical (unpaired) electrons. The molecule has 4 aromatic rings. The van der Waals surface area contributed by atoms with E-state index in [1.54, 1.807) is 6.33 Å². The lowest BCUT2D eigenvalue weighted by atomic mass is 9.97. The van der Waals surface area contributed by atoms with Gasteiger partial charge in [0.2, 0.25) is 0 Å². The average Bonchev–Trinajstić information content (AvgIpc) is 3.40. The molecule has 1 N–H and O–H groups in total. The fraction of sp³-hybridized carbons (Fsp3) is 0.250. The highest BCUT2D eigenvalue weighted by Gasteiger charge is 2.24. The number of imidazole rings is 1. The number of morpholine rings is 1. The van der Waals surface area contributed by atoms with Gasteiger partial charge < -0.3 is 19.2 Å². The summed E-state index contributed by atoms with van der Waals surface area (Å²) in [6.07, 6.45) is 5.74. The Balaban J connectivity index is 1.62. The maximum absolute atomic E-state index is 13.4. The van der Waals surface area contributed by atoms with Crippen molar-refractivity contribution in [2.24, 2.45) is 0 Å². The Morgan fingerprint density at radius 1 is 1.07 bits per heavy atom. The largest absolute Gasteiger partial charge is 0.378 e. The zero-order valence-corrected chi connectivity index (χ0v) is 17.0. The van der Waals surface area contributed by atoms with Gasteiger partial charge in [-0.1, -0.05) is 42.5 Å². The van der Waals surface area contributed by atoms with Crippen LogP contribution in [0.4, 0.5) is 0 Å². The van der Waals surface area contributed by atoms with Crippen molar-refractivity contribution in [1.29, 1.82) is 0 Å². The van der Waals surface area contributed by atoms with Crippen LogP contribution in [0.15, 0.2) is 61.2 Å². The Morgan fingerprint density at radius 2 is 1.87 bits per heavy atom. The standard InChI is InChI=1S/C24H24N4O2/c1-17-23(26-16-25-17)15-27-13-21(20-8-4-6-18-5-2-3-7-19(18)20)22(14-27)24(29)28-9-11-30-12-10-28/h2-8,13-14,16H,9-12,15H2,1H3,(H,25,26). The zero-order chi connectivity index (χ0) is 20.5. The maximum atomic E-state index is 13.4. The van der Waals surface area contributed by atoms with Gasteiger partial charge >= 0.3 is 0 Å². The van der Waals surface area contributed by atoms with Gasteiger partial charge in [0, 0.05) is 36.7 Å². The molecule has 5 rings (SSSR count). The van der Waals surface area contributed by atoms with Crippen LogP contribution in [0.25, 0.3) is 21.9 Å². The highest BCUT2D eigenvalue weighted by atomic mass is 16.5. The third kappa shape index (κ3) is 3.39. The number of carbonyl (C=O) groups excluding carboxylic acids is 1. The first-order valence-corrected chi connectivity index (χ1v) is 10.2.